The number of rotatable bonds is 4. The van der Waals surface area contributed by atoms with Gasteiger partial charge >= 0.3 is 5.97 Å². The Hall–Kier alpha value is -2.18. The molecule has 2 heterocycles. The van der Waals surface area contributed by atoms with Gasteiger partial charge in [0.15, 0.2) is 0 Å². The third-order valence-electron chi connectivity index (χ3n) is 4.30. The number of carbonyl (C=O) groups is 1. The second kappa shape index (κ2) is 6.37. The Morgan fingerprint density at radius 2 is 2.17 bits per heavy atom. The van der Waals surface area contributed by atoms with Crippen LogP contribution < -0.4 is 10.6 Å². The third-order valence-corrected chi connectivity index (χ3v) is 4.59. The van der Waals surface area contributed by atoms with Gasteiger partial charge in [-0.05, 0) is 50.1 Å². The highest BCUT2D eigenvalue weighted by atomic mass is 35.5. The molecule has 7 heteroatoms. The van der Waals surface area contributed by atoms with E-state index in [0.717, 1.165) is 25.2 Å². The van der Waals surface area contributed by atoms with Gasteiger partial charge in [0.2, 0.25) is 5.95 Å². The van der Waals surface area contributed by atoms with Crippen LogP contribution in [0.15, 0.2) is 24.4 Å². The van der Waals surface area contributed by atoms with E-state index in [1.807, 2.05) is 6.07 Å². The predicted molar refractivity (Wildman–Crippen MR) is 92.8 cm³/mol. The predicted octanol–water partition coefficient (Wildman–Crippen LogP) is 2.88. The van der Waals surface area contributed by atoms with E-state index < -0.39 is 11.4 Å². The molecule has 0 radical (unpaired) electrons. The van der Waals surface area contributed by atoms with Crippen LogP contribution in [-0.4, -0.2) is 27.6 Å². The number of halogens is 1. The first-order chi connectivity index (χ1) is 11.4. The monoisotopic (exact) mass is 346 g/mol. The molecule has 1 aromatic carbocycles. The molecule has 0 amide bonds. The highest BCUT2D eigenvalue weighted by molar-refractivity contribution is 6.30. The van der Waals surface area contributed by atoms with E-state index >= 15 is 0 Å². The number of aliphatic carboxylic acids is 1. The van der Waals surface area contributed by atoms with Crippen molar-refractivity contribution in [2.75, 3.05) is 11.9 Å². The Kier molecular flexibility index (Phi) is 4.43. The van der Waals surface area contributed by atoms with Gasteiger partial charge in [-0.15, -0.1) is 0 Å². The zero-order valence-electron chi connectivity index (χ0n) is 13.6. The standard InChI is InChI=1S/C17H19ClN4O2/c1-17(2,15(23)24)13-9-20-16(22-14(13)18)21-12-4-3-10-5-6-19-8-11(10)7-12/h3-4,7,9,19H,5-6,8H2,1-2H3,(H,23,24)(H,20,21,22). The Morgan fingerprint density at radius 3 is 2.88 bits per heavy atom. The number of carboxylic acid groups (broad SMARTS) is 1. The van der Waals surface area contributed by atoms with Crippen LogP contribution in [0.3, 0.4) is 0 Å². The van der Waals surface area contributed by atoms with Crippen LogP contribution in [0.5, 0.6) is 0 Å². The molecular formula is C17H19ClN4O2. The van der Waals surface area contributed by atoms with Crippen molar-refractivity contribution in [1.29, 1.82) is 0 Å². The second-order valence-electron chi connectivity index (χ2n) is 6.36. The smallest absolute Gasteiger partial charge is 0.313 e. The summed E-state index contributed by atoms with van der Waals surface area (Å²) in [6.45, 7) is 4.99. The van der Waals surface area contributed by atoms with E-state index in [9.17, 15) is 9.90 Å². The first-order valence-electron chi connectivity index (χ1n) is 7.74. The lowest BCUT2D eigenvalue weighted by Gasteiger charge is -2.20. The van der Waals surface area contributed by atoms with Gasteiger partial charge in [0, 0.05) is 24.0 Å². The van der Waals surface area contributed by atoms with Crippen LogP contribution in [0.4, 0.5) is 11.6 Å². The molecular weight excluding hydrogens is 328 g/mol. The lowest BCUT2D eigenvalue weighted by molar-refractivity contribution is -0.142. The zero-order chi connectivity index (χ0) is 17.3. The van der Waals surface area contributed by atoms with Crippen LogP contribution in [0.2, 0.25) is 5.15 Å². The molecule has 126 valence electrons. The maximum absolute atomic E-state index is 11.4. The molecule has 0 unspecified atom stereocenters. The molecule has 1 aliphatic heterocycles. The van der Waals surface area contributed by atoms with Crippen LogP contribution in [-0.2, 0) is 23.2 Å². The summed E-state index contributed by atoms with van der Waals surface area (Å²) < 4.78 is 0. The number of aromatic nitrogens is 2. The number of benzene rings is 1. The summed E-state index contributed by atoms with van der Waals surface area (Å²) in [5.74, 6) is -0.635. The summed E-state index contributed by atoms with van der Waals surface area (Å²) in [5, 5.41) is 15.9. The topological polar surface area (TPSA) is 87.1 Å². The summed E-state index contributed by atoms with van der Waals surface area (Å²) in [5.41, 5.74) is 2.71. The second-order valence-corrected chi connectivity index (χ2v) is 6.72. The fraction of sp³-hybridized carbons (Fsp3) is 0.353. The van der Waals surface area contributed by atoms with Gasteiger partial charge in [0.05, 0.1) is 5.41 Å². The van der Waals surface area contributed by atoms with Gasteiger partial charge in [-0.2, -0.15) is 0 Å². The first kappa shape index (κ1) is 16.7. The van der Waals surface area contributed by atoms with E-state index in [2.05, 4.69) is 32.7 Å². The van der Waals surface area contributed by atoms with E-state index in [4.69, 9.17) is 11.6 Å². The van der Waals surface area contributed by atoms with Crippen molar-refractivity contribution in [2.24, 2.45) is 0 Å². The quantitative estimate of drug-likeness (QED) is 0.738. The number of anilines is 2. The zero-order valence-corrected chi connectivity index (χ0v) is 14.3. The van der Waals surface area contributed by atoms with E-state index in [1.54, 1.807) is 13.8 Å². The molecule has 2 aromatic rings. The molecule has 0 saturated heterocycles. The highest BCUT2D eigenvalue weighted by Crippen LogP contribution is 2.29. The summed E-state index contributed by atoms with van der Waals surface area (Å²) >= 11 is 6.18. The lowest BCUT2D eigenvalue weighted by Crippen LogP contribution is -2.29. The molecule has 3 N–H and O–H groups in total. The van der Waals surface area contributed by atoms with Crippen molar-refractivity contribution in [2.45, 2.75) is 32.2 Å². The Bertz CT molecular complexity index is 792. The number of carboxylic acids is 1. The van der Waals surface area contributed by atoms with Gasteiger partial charge in [0.25, 0.3) is 0 Å². The van der Waals surface area contributed by atoms with E-state index in [1.165, 1.54) is 17.3 Å². The molecule has 0 saturated carbocycles. The summed E-state index contributed by atoms with van der Waals surface area (Å²) in [7, 11) is 0. The molecule has 0 atom stereocenters. The third kappa shape index (κ3) is 3.20. The van der Waals surface area contributed by atoms with Crippen LogP contribution in [0, 0.1) is 0 Å². The molecule has 24 heavy (non-hydrogen) atoms. The lowest BCUT2D eigenvalue weighted by atomic mass is 9.87. The van der Waals surface area contributed by atoms with Crippen molar-refractivity contribution < 1.29 is 9.90 Å². The molecule has 0 aliphatic carbocycles. The molecule has 0 fully saturated rings. The van der Waals surface area contributed by atoms with Gasteiger partial charge in [0.1, 0.15) is 5.15 Å². The summed E-state index contributed by atoms with van der Waals surface area (Å²) in [6, 6.07) is 6.15. The Morgan fingerprint density at radius 1 is 1.38 bits per heavy atom. The van der Waals surface area contributed by atoms with Crippen LogP contribution >= 0.6 is 11.6 Å². The van der Waals surface area contributed by atoms with Gasteiger partial charge in [-0.25, -0.2) is 9.97 Å². The Labute approximate surface area is 145 Å². The van der Waals surface area contributed by atoms with E-state index in [-0.39, 0.29) is 5.15 Å². The minimum Gasteiger partial charge on any atom is -0.481 e. The summed E-state index contributed by atoms with van der Waals surface area (Å²) in [6.07, 6.45) is 2.49. The summed E-state index contributed by atoms with van der Waals surface area (Å²) in [4.78, 5) is 19.8. The first-order valence-corrected chi connectivity index (χ1v) is 8.11. The fourth-order valence-corrected chi connectivity index (χ4v) is 3.01. The number of nitrogens with zero attached hydrogens (tertiary/aromatic N) is 2. The van der Waals surface area contributed by atoms with Gasteiger partial charge in [-0.1, -0.05) is 17.7 Å². The van der Waals surface area contributed by atoms with Crippen molar-refractivity contribution in [1.82, 2.24) is 15.3 Å². The number of fused-ring (bicyclic) bond motifs is 1. The van der Waals surface area contributed by atoms with Crippen molar-refractivity contribution in [3.63, 3.8) is 0 Å². The minimum absolute atomic E-state index is 0.138. The largest absolute Gasteiger partial charge is 0.481 e. The highest BCUT2D eigenvalue weighted by Gasteiger charge is 2.32. The van der Waals surface area contributed by atoms with Crippen LogP contribution in [0.25, 0.3) is 0 Å². The minimum atomic E-state index is -1.15. The SMILES string of the molecule is CC(C)(C(=O)O)c1cnc(Nc2ccc3c(c2)CNCC3)nc1Cl. The molecule has 1 aromatic heterocycles. The number of hydrogen-bond donors (Lipinski definition) is 3. The van der Waals surface area contributed by atoms with Crippen molar-refractivity contribution >= 4 is 29.2 Å². The fourth-order valence-electron chi connectivity index (χ4n) is 2.64. The normalized spacial score (nSPS) is 14.1. The van der Waals surface area contributed by atoms with Gasteiger partial charge < -0.3 is 15.7 Å². The molecule has 6 nitrogen and oxygen atoms in total. The van der Waals surface area contributed by atoms with Gasteiger partial charge in [-0.3, -0.25) is 4.79 Å². The Balaban J connectivity index is 1.84. The molecule has 1 aliphatic rings. The molecule has 0 spiro atoms. The maximum atomic E-state index is 11.4. The molecule has 3 rings (SSSR count). The van der Waals surface area contributed by atoms with E-state index in [0.29, 0.717) is 11.5 Å². The van der Waals surface area contributed by atoms with Crippen molar-refractivity contribution in [3.8, 4) is 0 Å². The number of hydrogen-bond acceptors (Lipinski definition) is 5. The number of nitrogens with one attached hydrogen (secondary N) is 2. The molecule has 0 bridgehead atoms. The maximum Gasteiger partial charge on any atom is 0.313 e. The average molecular weight is 347 g/mol. The van der Waals surface area contributed by atoms with Crippen LogP contribution in [0.1, 0.15) is 30.5 Å². The van der Waals surface area contributed by atoms with Crippen molar-refractivity contribution in [3.05, 3.63) is 46.2 Å². The average Bonchev–Trinajstić information content (AvgIpc) is 2.54.